The molecule has 3 rings (SSSR count). The third kappa shape index (κ3) is 3.95. The third-order valence-electron chi connectivity index (χ3n) is 3.50. The van der Waals surface area contributed by atoms with E-state index < -0.39 is 18.2 Å². The molecule has 0 saturated carbocycles. The van der Waals surface area contributed by atoms with E-state index in [-0.39, 0.29) is 17.9 Å². The van der Waals surface area contributed by atoms with Crippen LogP contribution in [-0.4, -0.2) is 20.1 Å². The van der Waals surface area contributed by atoms with Crippen molar-refractivity contribution in [2.75, 3.05) is 5.32 Å². The van der Waals surface area contributed by atoms with Gasteiger partial charge in [-0.15, -0.1) is 0 Å². The fourth-order valence-electron chi connectivity index (χ4n) is 2.29. The molecular weight excluding hydrogens is 354 g/mol. The van der Waals surface area contributed by atoms with E-state index in [1.807, 2.05) is 0 Å². The summed E-state index contributed by atoms with van der Waals surface area (Å²) in [4.78, 5) is 11.3. The smallest absolute Gasteiger partial charge is 0.350 e. The fourth-order valence-corrected chi connectivity index (χ4v) is 2.29. The summed E-state index contributed by atoms with van der Waals surface area (Å²) in [7, 11) is 0. The van der Waals surface area contributed by atoms with Crippen LogP contribution >= 0.6 is 0 Å². The molecular formula is C16H13F4N5O. The molecule has 1 N–H and O–H groups in total. The van der Waals surface area contributed by atoms with E-state index in [0.717, 1.165) is 0 Å². The zero-order chi connectivity index (χ0) is 18.7. The van der Waals surface area contributed by atoms with E-state index in [4.69, 9.17) is 0 Å². The van der Waals surface area contributed by atoms with Gasteiger partial charge in [-0.3, -0.25) is 0 Å². The molecule has 0 saturated heterocycles. The first-order valence-electron chi connectivity index (χ1n) is 7.53. The van der Waals surface area contributed by atoms with E-state index in [0.29, 0.717) is 17.1 Å². The van der Waals surface area contributed by atoms with Gasteiger partial charge in [0.15, 0.2) is 0 Å². The number of hydrogen-bond donors (Lipinski definition) is 1. The monoisotopic (exact) mass is 367 g/mol. The molecule has 26 heavy (non-hydrogen) atoms. The molecule has 2 heterocycles. The van der Waals surface area contributed by atoms with Crippen molar-refractivity contribution in [2.24, 2.45) is 0 Å². The summed E-state index contributed by atoms with van der Waals surface area (Å²) in [5, 5.41) is 6.26. The van der Waals surface area contributed by atoms with Gasteiger partial charge in [-0.2, -0.15) is 18.2 Å². The molecule has 6 nitrogen and oxygen atoms in total. The van der Waals surface area contributed by atoms with E-state index >= 15 is 0 Å². The van der Waals surface area contributed by atoms with Crippen molar-refractivity contribution in [3.63, 3.8) is 0 Å². The zero-order valence-electron chi connectivity index (χ0n) is 13.5. The van der Waals surface area contributed by atoms with Gasteiger partial charge in [0.05, 0.1) is 0 Å². The largest absolute Gasteiger partial charge is 0.471 e. The van der Waals surface area contributed by atoms with Crippen LogP contribution in [0.2, 0.25) is 0 Å². The Morgan fingerprint density at radius 3 is 2.54 bits per heavy atom. The van der Waals surface area contributed by atoms with Gasteiger partial charge in [0, 0.05) is 24.5 Å². The molecule has 2 aromatic heterocycles. The lowest BCUT2D eigenvalue weighted by atomic mass is 10.0. The van der Waals surface area contributed by atoms with Crippen molar-refractivity contribution in [1.82, 2.24) is 20.1 Å². The lowest BCUT2D eigenvalue weighted by Crippen LogP contribution is -2.06. The van der Waals surface area contributed by atoms with Crippen molar-refractivity contribution in [3.05, 3.63) is 53.7 Å². The molecule has 3 aromatic rings. The first kappa shape index (κ1) is 17.8. The van der Waals surface area contributed by atoms with Gasteiger partial charge in [0.25, 0.3) is 0 Å². The van der Waals surface area contributed by atoms with Crippen LogP contribution in [0.5, 0.6) is 0 Å². The van der Waals surface area contributed by atoms with Crippen molar-refractivity contribution in [3.8, 4) is 11.4 Å². The predicted molar refractivity (Wildman–Crippen MR) is 83.6 cm³/mol. The van der Waals surface area contributed by atoms with Crippen molar-refractivity contribution in [1.29, 1.82) is 0 Å². The number of nitrogens with zero attached hydrogens (tertiary/aromatic N) is 4. The summed E-state index contributed by atoms with van der Waals surface area (Å²) < 4.78 is 55.9. The molecule has 0 bridgehead atoms. The van der Waals surface area contributed by atoms with Gasteiger partial charge < -0.3 is 9.84 Å². The van der Waals surface area contributed by atoms with Crippen LogP contribution in [0.15, 0.2) is 41.2 Å². The highest BCUT2D eigenvalue weighted by molar-refractivity contribution is 5.57. The van der Waals surface area contributed by atoms with E-state index in [2.05, 4.69) is 29.9 Å². The minimum Gasteiger partial charge on any atom is -0.350 e. The summed E-state index contributed by atoms with van der Waals surface area (Å²) in [5.74, 6) is -1.33. The molecule has 0 aliphatic heterocycles. The molecule has 0 spiro atoms. The number of benzene rings is 1. The number of hydrogen-bond acceptors (Lipinski definition) is 6. The maximum atomic E-state index is 14.0. The standard InChI is InChI=1S/C16H13F4N5O/c1-9(17)12-7-10(13-24-14(26-25-13)16(18,19)20)3-4-11(12)8-23-15-21-5-2-6-22-15/h2-7,9H,8H2,1H3,(H,21,22,23). The second-order valence-corrected chi connectivity index (χ2v) is 5.38. The highest BCUT2D eigenvalue weighted by Gasteiger charge is 2.38. The quantitative estimate of drug-likeness (QED) is 0.682. The minimum atomic E-state index is -4.74. The first-order chi connectivity index (χ1) is 12.3. The van der Waals surface area contributed by atoms with E-state index in [9.17, 15) is 17.6 Å². The minimum absolute atomic E-state index is 0.225. The molecule has 136 valence electrons. The molecule has 0 aliphatic carbocycles. The normalized spacial score (nSPS) is 12.8. The van der Waals surface area contributed by atoms with E-state index in [1.54, 1.807) is 24.5 Å². The number of aromatic nitrogens is 4. The molecule has 0 radical (unpaired) electrons. The molecule has 1 aromatic carbocycles. The predicted octanol–water partition coefficient (Wildman–Crippen LogP) is 4.19. The van der Waals surface area contributed by atoms with Gasteiger partial charge in [0.2, 0.25) is 11.8 Å². The Bertz CT molecular complexity index is 880. The third-order valence-corrected chi connectivity index (χ3v) is 3.50. The van der Waals surface area contributed by atoms with E-state index in [1.165, 1.54) is 19.1 Å². The summed E-state index contributed by atoms with van der Waals surface area (Å²) in [5.41, 5.74) is 1.13. The van der Waals surface area contributed by atoms with Gasteiger partial charge >= 0.3 is 12.1 Å². The molecule has 1 unspecified atom stereocenters. The number of nitrogens with one attached hydrogen (secondary N) is 1. The Morgan fingerprint density at radius 1 is 1.19 bits per heavy atom. The van der Waals surface area contributed by atoms with Crippen LogP contribution in [0.4, 0.5) is 23.5 Å². The molecule has 0 aliphatic rings. The average molecular weight is 367 g/mol. The van der Waals surface area contributed by atoms with Gasteiger partial charge in [0.1, 0.15) is 6.17 Å². The van der Waals surface area contributed by atoms with Crippen LogP contribution in [0.25, 0.3) is 11.4 Å². The Kier molecular flexibility index (Phi) is 4.83. The summed E-state index contributed by atoms with van der Waals surface area (Å²) >= 11 is 0. The summed E-state index contributed by atoms with van der Waals surface area (Å²) in [6.45, 7) is 1.58. The lowest BCUT2D eigenvalue weighted by molar-refractivity contribution is -0.159. The Balaban J connectivity index is 1.86. The Labute approximate surface area is 145 Å². The molecule has 10 heteroatoms. The van der Waals surface area contributed by atoms with Crippen molar-refractivity contribution >= 4 is 5.95 Å². The van der Waals surface area contributed by atoms with Crippen LogP contribution in [-0.2, 0) is 12.7 Å². The molecule has 0 amide bonds. The van der Waals surface area contributed by atoms with Crippen LogP contribution in [0.3, 0.4) is 0 Å². The Hall–Kier alpha value is -3.04. The zero-order valence-corrected chi connectivity index (χ0v) is 13.5. The molecule has 1 atom stereocenters. The van der Waals surface area contributed by atoms with Crippen molar-refractivity contribution in [2.45, 2.75) is 25.8 Å². The molecule has 0 fully saturated rings. The maximum absolute atomic E-state index is 14.0. The first-order valence-corrected chi connectivity index (χ1v) is 7.53. The maximum Gasteiger partial charge on any atom is 0.471 e. The topological polar surface area (TPSA) is 76.7 Å². The SMILES string of the molecule is CC(F)c1cc(-c2noc(C(F)(F)F)n2)ccc1CNc1ncccn1. The Morgan fingerprint density at radius 2 is 1.92 bits per heavy atom. The van der Waals surface area contributed by atoms with Crippen LogP contribution in [0.1, 0.15) is 30.1 Å². The highest BCUT2D eigenvalue weighted by atomic mass is 19.4. The van der Waals surface area contributed by atoms with Crippen LogP contribution in [0, 0.1) is 0 Å². The van der Waals surface area contributed by atoms with Crippen molar-refractivity contribution < 1.29 is 22.1 Å². The number of anilines is 1. The number of halogens is 4. The average Bonchev–Trinajstić information content (AvgIpc) is 3.11. The summed E-state index contributed by atoms with van der Waals surface area (Å²) in [6.07, 6.45) is -2.96. The van der Waals surface area contributed by atoms with Gasteiger partial charge in [-0.25, -0.2) is 14.4 Å². The lowest BCUT2D eigenvalue weighted by Gasteiger charge is -2.12. The number of alkyl halides is 4. The van der Waals surface area contributed by atoms with Crippen LogP contribution < -0.4 is 5.32 Å². The number of rotatable bonds is 5. The summed E-state index contributed by atoms with van der Waals surface area (Å²) in [6, 6.07) is 6.15. The van der Waals surface area contributed by atoms with Gasteiger partial charge in [-0.1, -0.05) is 17.3 Å². The fraction of sp³-hybridized carbons (Fsp3) is 0.250. The highest BCUT2D eigenvalue weighted by Crippen LogP contribution is 2.31. The second-order valence-electron chi connectivity index (χ2n) is 5.38. The van der Waals surface area contributed by atoms with Gasteiger partial charge in [-0.05, 0) is 30.2 Å². The second kappa shape index (κ2) is 7.06.